The van der Waals surface area contributed by atoms with Gasteiger partial charge in [0, 0.05) is 25.6 Å². The number of anilines is 1. The maximum atomic E-state index is 11.8. The monoisotopic (exact) mass is 231 g/mol. The second-order valence-electron chi connectivity index (χ2n) is 3.88. The zero-order chi connectivity index (χ0) is 12.7. The smallest absolute Gasteiger partial charge is 0.226 e. The molecule has 1 amide bonds. The van der Waals surface area contributed by atoms with E-state index in [1.807, 2.05) is 0 Å². The van der Waals surface area contributed by atoms with Gasteiger partial charge in [-0.1, -0.05) is 0 Å². The number of hydrogen-bond donors (Lipinski definition) is 1. The standard InChI is InChI=1S/C14H17NO2/c1-3-4-5-6-7-14(17)15(2)12-8-10-13(16)11-9-12/h1,8-11,16H,4-7H2,2H3. The highest BCUT2D eigenvalue weighted by molar-refractivity contribution is 5.92. The van der Waals surface area contributed by atoms with Gasteiger partial charge in [0.2, 0.25) is 5.91 Å². The summed E-state index contributed by atoms with van der Waals surface area (Å²) in [5, 5.41) is 9.16. The van der Waals surface area contributed by atoms with Crippen LogP contribution >= 0.6 is 0 Å². The molecular weight excluding hydrogens is 214 g/mol. The van der Waals surface area contributed by atoms with E-state index in [2.05, 4.69) is 5.92 Å². The van der Waals surface area contributed by atoms with Crippen molar-refractivity contribution in [3.63, 3.8) is 0 Å². The van der Waals surface area contributed by atoms with Gasteiger partial charge in [-0.25, -0.2) is 0 Å². The van der Waals surface area contributed by atoms with Crippen molar-refractivity contribution in [2.45, 2.75) is 25.7 Å². The largest absolute Gasteiger partial charge is 0.508 e. The number of carbonyl (C=O) groups is 1. The maximum Gasteiger partial charge on any atom is 0.226 e. The van der Waals surface area contributed by atoms with Crippen molar-refractivity contribution in [3.05, 3.63) is 24.3 Å². The number of phenolic OH excluding ortho intramolecular Hbond substituents is 1. The highest BCUT2D eigenvalue weighted by Gasteiger charge is 2.09. The number of hydrogen-bond acceptors (Lipinski definition) is 2. The van der Waals surface area contributed by atoms with E-state index >= 15 is 0 Å². The predicted octanol–water partition coefficient (Wildman–Crippen LogP) is 2.55. The minimum absolute atomic E-state index is 0.0627. The van der Waals surface area contributed by atoms with Gasteiger partial charge in [-0.3, -0.25) is 4.79 Å². The molecule has 0 saturated heterocycles. The Labute approximate surface area is 102 Å². The van der Waals surface area contributed by atoms with E-state index in [0.717, 1.165) is 24.9 Å². The lowest BCUT2D eigenvalue weighted by Gasteiger charge is -2.17. The van der Waals surface area contributed by atoms with Crippen molar-refractivity contribution in [1.29, 1.82) is 0 Å². The van der Waals surface area contributed by atoms with Gasteiger partial charge in [0.1, 0.15) is 5.75 Å². The average Bonchev–Trinajstić information content (AvgIpc) is 2.34. The summed E-state index contributed by atoms with van der Waals surface area (Å²) in [5.74, 6) is 2.82. The van der Waals surface area contributed by atoms with Crippen molar-refractivity contribution in [2.24, 2.45) is 0 Å². The van der Waals surface area contributed by atoms with Gasteiger partial charge in [-0.05, 0) is 37.1 Å². The Morgan fingerprint density at radius 3 is 2.59 bits per heavy atom. The molecule has 1 aromatic rings. The van der Waals surface area contributed by atoms with E-state index in [1.165, 1.54) is 0 Å². The molecule has 0 aromatic heterocycles. The Bertz CT molecular complexity index is 403. The number of carbonyl (C=O) groups excluding carboxylic acids is 1. The van der Waals surface area contributed by atoms with Crippen LogP contribution in [-0.4, -0.2) is 18.1 Å². The van der Waals surface area contributed by atoms with Crippen molar-refractivity contribution in [2.75, 3.05) is 11.9 Å². The fourth-order valence-electron chi connectivity index (χ4n) is 1.49. The normalized spacial score (nSPS) is 9.65. The van der Waals surface area contributed by atoms with Crippen LogP contribution in [-0.2, 0) is 4.79 Å². The highest BCUT2D eigenvalue weighted by atomic mass is 16.3. The summed E-state index contributed by atoms with van der Waals surface area (Å²) >= 11 is 0. The third kappa shape index (κ3) is 4.20. The molecule has 0 aliphatic heterocycles. The van der Waals surface area contributed by atoms with Crippen molar-refractivity contribution >= 4 is 11.6 Å². The Morgan fingerprint density at radius 1 is 1.35 bits per heavy atom. The molecule has 0 aliphatic carbocycles. The SMILES string of the molecule is C#CCCCCC(=O)N(C)c1ccc(O)cc1. The number of phenols is 1. The molecule has 0 bridgehead atoms. The van der Waals surface area contributed by atoms with E-state index in [4.69, 9.17) is 11.5 Å². The van der Waals surface area contributed by atoms with Crippen LogP contribution in [0, 0.1) is 12.3 Å². The summed E-state index contributed by atoms with van der Waals surface area (Å²) in [7, 11) is 1.73. The Balaban J connectivity index is 2.46. The molecule has 0 unspecified atom stereocenters. The predicted molar refractivity (Wildman–Crippen MR) is 68.8 cm³/mol. The molecule has 0 heterocycles. The van der Waals surface area contributed by atoms with Gasteiger partial charge >= 0.3 is 0 Å². The lowest BCUT2D eigenvalue weighted by Crippen LogP contribution is -2.25. The van der Waals surface area contributed by atoms with E-state index in [1.54, 1.807) is 36.2 Å². The third-order valence-electron chi connectivity index (χ3n) is 2.57. The summed E-state index contributed by atoms with van der Waals surface area (Å²) in [4.78, 5) is 13.4. The van der Waals surface area contributed by atoms with Crippen LogP contribution in [0.15, 0.2) is 24.3 Å². The summed E-state index contributed by atoms with van der Waals surface area (Å²) in [6.45, 7) is 0. The van der Waals surface area contributed by atoms with E-state index in [0.29, 0.717) is 6.42 Å². The molecule has 0 saturated carbocycles. The zero-order valence-corrected chi connectivity index (χ0v) is 10.0. The lowest BCUT2D eigenvalue weighted by molar-refractivity contribution is -0.118. The van der Waals surface area contributed by atoms with Gasteiger partial charge in [-0.2, -0.15) is 0 Å². The quantitative estimate of drug-likeness (QED) is 0.625. The molecule has 1 N–H and O–H groups in total. The van der Waals surface area contributed by atoms with Crippen LogP contribution in [0.4, 0.5) is 5.69 Å². The second-order valence-corrected chi connectivity index (χ2v) is 3.88. The fourth-order valence-corrected chi connectivity index (χ4v) is 1.49. The first-order valence-electron chi connectivity index (χ1n) is 5.64. The molecule has 0 aliphatic rings. The molecule has 3 nitrogen and oxygen atoms in total. The highest BCUT2D eigenvalue weighted by Crippen LogP contribution is 2.18. The van der Waals surface area contributed by atoms with Crippen LogP contribution in [0.5, 0.6) is 5.75 Å². The summed E-state index contributed by atoms with van der Waals surface area (Å²) in [6.07, 6.45) is 8.05. The van der Waals surface area contributed by atoms with Crippen LogP contribution < -0.4 is 4.90 Å². The summed E-state index contributed by atoms with van der Waals surface area (Å²) in [5.41, 5.74) is 0.782. The van der Waals surface area contributed by atoms with E-state index < -0.39 is 0 Å². The number of terminal acetylenes is 1. The molecule has 90 valence electrons. The van der Waals surface area contributed by atoms with Crippen molar-refractivity contribution < 1.29 is 9.90 Å². The molecule has 17 heavy (non-hydrogen) atoms. The van der Waals surface area contributed by atoms with Gasteiger partial charge in [0.15, 0.2) is 0 Å². The molecule has 0 atom stereocenters. The Morgan fingerprint density at radius 2 is 2.00 bits per heavy atom. The van der Waals surface area contributed by atoms with Crippen LogP contribution in [0.25, 0.3) is 0 Å². The summed E-state index contributed by atoms with van der Waals surface area (Å²) in [6, 6.07) is 6.57. The molecular formula is C14H17NO2. The van der Waals surface area contributed by atoms with Gasteiger partial charge in [0.25, 0.3) is 0 Å². The minimum Gasteiger partial charge on any atom is -0.508 e. The van der Waals surface area contributed by atoms with Gasteiger partial charge < -0.3 is 10.0 Å². The first kappa shape index (κ1) is 13.1. The molecule has 1 rings (SSSR count). The number of aromatic hydroxyl groups is 1. The minimum atomic E-state index is 0.0627. The number of nitrogens with zero attached hydrogens (tertiary/aromatic N) is 1. The number of rotatable bonds is 5. The van der Waals surface area contributed by atoms with Crippen molar-refractivity contribution in [3.8, 4) is 18.1 Å². The molecule has 0 radical (unpaired) electrons. The number of benzene rings is 1. The van der Waals surface area contributed by atoms with Crippen LogP contribution in [0.3, 0.4) is 0 Å². The Hall–Kier alpha value is -1.95. The second kappa shape index (κ2) is 6.59. The summed E-state index contributed by atoms with van der Waals surface area (Å²) < 4.78 is 0. The van der Waals surface area contributed by atoms with Crippen LogP contribution in [0.1, 0.15) is 25.7 Å². The van der Waals surface area contributed by atoms with Crippen molar-refractivity contribution in [1.82, 2.24) is 0 Å². The maximum absolute atomic E-state index is 11.8. The molecule has 0 spiro atoms. The lowest BCUT2D eigenvalue weighted by atomic mass is 10.2. The van der Waals surface area contributed by atoms with E-state index in [-0.39, 0.29) is 11.7 Å². The van der Waals surface area contributed by atoms with Crippen LogP contribution in [0.2, 0.25) is 0 Å². The Kier molecular flexibility index (Phi) is 5.09. The third-order valence-corrected chi connectivity index (χ3v) is 2.57. The van der Waals surface area contributed by atoms with Gasteiger partial charge in [-0.15, -0.1) is 12.3 Å². The topological polar surface area (TPSA) is 40.5 Å². The molecule has 3 heteroatoms. The first-order chi connectivity index (χ1) is 8.15. The fraction of sp³-hybridized carbons (Fsp3) is 0.357. The zero-order valence-electron chi connectivity index (χ0n) is 10.0. The number of amides is 1. The first-order valence-corrected chi connectivity index (χ1v) is 5.64. The van der Waals surface area contributed by atoms with Gasteiger partial charge in [0.05, 0.1) is 0 Å². The van der Waals surface area contributed by atoms with E-state index in [9.17, 15) is 4.79 Å². The molecule has 0 fully saturated rings. The average molecular weight is 231 g/mol. The molecule has 1 aromatic carbocycles. The number of unbranched alkanes of at least 4 members (excludes halogenated alkanes) is 2.